The Kier molecular flexibility index (Phi) is 4.36. The molecule has 0 radical (unpaired) electrons. The summed E-state index contributed by atoms with van der Waals surface area (Å²) in [6, 6.07) is 1.47. The summed E-state index contributed by atoms with van der Waals surface area (Å²) in [7, 11) is 0. The van der Waals surface area contributed by atoms with Crippen molar-refractivity contribution in [3.8, 4) is 0 Å². The number of aromatic nitrogens is 1. The number of nitrogens with zero attached hydrogens (tertiary/aromatic N) is 2. The monoisotopic (exact) mass is 328 g/mol. The van der Waals surface area contributed by atoms with E-state index in [1.165, 1.54) is 12.3 Å². The fourth-order valence-electron chi connectivity index (χ4n) is 2.16. The molecule has 0 amide bonds. The number of piperidine rings is 1. The van der Waals surface area contributed by atoms with Gasteiger partial charge in [0.15, 0.2) is 0 Å². The third-order valence-corrected chi connectivity index (χ3v) is 4.14. The molecular weight excluding hydrogens is 312 g/mol. The van der Waals surface area contributed by atoms with E-state index in [0.29, 0.717) is 10.3 Å². The van der Waals surface area contributed by atoms with E-state index in [1.807, 2.05) is 0 Å². The minimum atomic E-state index is -0.449. The summed E-state index contributed by atoms with van der Waals surface area (Å²) < 4.78 is 0.624. The minimum Gasteiger partial charge on any atom is -0.369 e. The molecule has 1 saturated heterocycles. The van der Waals surface area contributed by atoms with Crippen molar-refractivity contribution in [2.24, 2.45) is 5.41 Å². The van der Waals surface area contributed by atoms with E-state index in [0.717, 1.165) is 32.5 Å². The number of nitro groups is 1. The Hall–Kier alpha value is -1.21. The number of rotatable bonds is 4. The average Bonchev–Trinajstić information content (AvgIpc) is 2.38. The lowest BCUT2D eigenvalue weighted by atomic mass is 9.81. The summed E-state index contributed by atoms with van der Waals surface area (Å²) >= 11 is 3.32. The van der Waals surface area contributed by atoms with Crippen LogP contribution in [0.25, 0.3) is 0 Å². The van der Waals surface area contributed by atoms with Crippen LogP contribution in [0.1, 0.15) is 19.8 Å². The maximum atomic E-state index is 10.6. The third-order valence-electron chi connectivity index (χ3n) is 3.53. The topological polar surface area (TPSA) is 80.1 Å². The molecule has 1 aliphatic rings. The second kappa shape index (κ2) is 5.83. The zero-order valence-corrected chi connectivity index (χ0v) is 12.4. The van der Waals surface area contributed by atoms with Crippen LogP contribution in [0.5, 0.6) is 0 Å². The predicted molar refractivity (Wildman–Crippen MR) is 77.3 cm³/mol. The van der Waals surface area contributed by atoms with Crippen LogP contribution >= 0.6 is 15.9 Å². The van der Waals surface area contributed by atoms with Crippen LogP contribution in [-0.2, 0) is 0 Å². The van der Waals surface area contributed by atoms with Gasteiger partial charge in [0.05, 0.1) is 9.40 Å². The molecule has 1 fully saturated rings. The van der Waals surface area contributed by atoms with E-state index in [-0.39, 0.29) is 11.1 Å². The molecule has 2 heterocycles. The van der Waals surface area contributed by atoms with Gasteiger partial charge in [-0.15, -0.1) is 0 Å². The highest BCUT2D eigenvalue weighted by Crippen LogP contribution is 2.30. The van der Waals surface area contributed by atoms with Gasteiger partial charge in [-0.25, -0.2) is 4.98 Å². The summed E-state index contributed by atoms with van der Waals surface area (Å²) in [6.45, 7) is 5.14. The minimum absolute atomic E-state index is 0.00879. The molecule has 0 spiro atoms. The van der Waals surface area contributed by atoms with Gasteiger partial charge in [0.1, 0.15) is 12.0 Å². The fraction of sp³-hybridized carbons (Fsp3) is 0.583. The van der Waals surface area contributed by atoms with Crippen LogP contribution in [0.3, 0.4) is 0 Å². The summed E-state index contributed by atoms with van der Waals surface area (Å²) in [4.78, 5) is 14.3. The quantitative estimate of drug-likeness (QED) is 0.655. The maximum Gasteiger partial charge on any atom is 0.288 e. The Morgan fingerprint density at radius 2 is 2.26 bits per heavy atom. The molecule has 6 nitrogen and oxygen atoms in total. The fourth-order valence-corrected chi connectivity index (χ4v) is 2.64. The molecule has 2 N–H and O–H groups in total. The van der Waals surface area contributed by atoms with Gasteiger partial charge in [0.2, 0.25) is 0 Å². The second-order valence-electron chi connectivity index (χ2n) is 5.20. The number of hydrogen-bond donors (Lipinski definition) is 2. The highest BCUT2D eigenvalue weighted by molar-refractivity contribution is 9.10. The zero-order chi connectivity index (χ0) is 13.9. The predicted octanol–water partition coefficient (Wildman–Crippen LogP) is 2.55. The molecule has 1 aliphatic heterocycles. The first-order chi connectivity index (χ1) is 9.00. The van der Waals surface area contributed by atoms with Gasteiger partial charge in [-0.1, -0.05) is 6.92 Å². The summed E-state index contributed by atoms with van der Waals surface area (Å²) in [5.74, 6) is 0.658. The van der Waals surface area contributed by atoms with Gasteiger partial charge in [0, 0.05) is 12.6 Å². The van der Waals surface area contributed by atoms with Gasteiger partial charge in [-0.3, -0.25) is 10.1 Å². The van der Waals surface area contributed by atoms with Crippen molar-refractivity contribution < 1.29 is 4.92 Å². The van der Waals surface area contributed by atoms with Gasteiger partial charge in [0.25, 0.3) is 5.69 Å². The van der Waals surface area contributed by atoms with Gasteiger partial charge in [-0.2, -0.15) is 0 Å². The van der Waals surface area contributed by atoms with Crippen LogP contribution < -0.4 is 10.6 Å². The molecule has 0 atom stereocenters. The molecule has 104 valence electrons. The summed E-state index contributed by atoms with van der Waals surface area (Å²) in [5.41, 5.74) is 0.235. The van der Waals surface area contributed by atoms with Crippen molar-refractivity contribution in [1.82, 2.24) is 10.3 Å². The van der Waals surface area contributed by atoms with Crippen molar-refractivity contribution >= 4 is 27.4 Å². The number of hydrogen-bond acceptors (Lipinski definition) is 5. The Balaban J connectivity index is 2.01. The van der Waals surface area contributed by atoms with E-state index >= 15 is 0 Å². The largest absolute Gasteiger partial charge is 0.369 e. The van der Waals surface area contributed by atoms with Gasteiger partial charge < -0.3 is 10.6 Å². The first-order valence-electron chi connectivity index (χ1n) is 6.25. The van der Waals surface area contributed by atoms with Crippen molar-refractivity contribution in [1.29, 1.82) is 0 Å². The SMILES string of the molecule is CC1(CNc2ncc([N+](=O)[O-])cc2Br)CCNCC1. The Morgan fingerprint density at radius 1 is 1.58 bits per heavy atom. The smallest absolute Gasteiger partial charge is 0.288 e. The number of pyridine rings is 1. The van der Waals surface area contributed by atoms with E-state index in [2.05, 4.69) is 38.5 Å². The van der Waals surface area contributed by atoms with Crippen LogP contribution in [0, 0.1) is 15.5 Å². The number of halogens is 1. The van der Waals surface area contributed by atoms with Gasteiger partial charge >= 0.3 is 0 Å². The van der Waals surface area contributed by atoms with Crippen molar-refractivity contribution in [3.63, 3.8) is 0 Å². The van der Waals surface area contributed by atoms with Gasteiger partial charge in [-0.05, 0) is 47.3 Å². The molecule has 1 aromatic rings. The molecule has 19 heavy (non-hydrogen) atoms. The summed E-state index contributed by atoms with van der Waals surface area (Å²) in [6.07, 6.45) is 3.51. The first kappa shape index (κ1) is 14.2. The Labute approximate surface area is 120 Å². The zero-order valence-electron chi connectivity index (χ0n) is 10.8. The van der Waals surface area contributed by atoms with Crippen molar-refractivity contribution in [3.05, 3.63) is 26.9 Å². The van der Waals surface area contributed by atoms with E-state index in [4.69, 9.17) is 0 Å². The average molecular weight is 329 g/mol. The highest BCUT2D eigenvalue weighted by Gasteiger charge is 2.26. The highest BCUT2D eigenvalue weighted by atomic mass is 79.9. The Morgan fingerprint density at radius 3 is 2.84 bits per heavy atom. The normalized spacial score (nSPS) is 18.0. The molecular formula is C12H17BrN4O2. The van der Waals surface area contributed by atoms with E-state index < -0.39 is 4.92 Å². The lowest BCUT2D eigenvalue weighted by molar-refractivity contribution is -0.385. The number of anilines is 1. The molecule has 0 bridgehead atoms. The molecule has 7 heteroatoms. The number of nitrogens with one attached hydrogen (secondary N) is 2. The lowest BCUT2D eigenvalue weighted by Crippen LogP contribution is -2.39. The molecule has 0 aromatic carbocycles. The third kappa shape index (κ3) is 3.63. The van der Waals surface area contributed by atoms with Crippen molar-refractivity contribution in [2.75, 3.05) is 25.0 Å². The summed E-state index contributed by atoms with van der Waals surface area (Å²) in [5, 5.41) is 17.3. The standard InChI is InChI=1S/C12H17BrN4O2/c1-12(2-4-14-5-3-12)8-16-11-10(13)6-9(7-15-11)17(18)19/h6-7,14H,2-5,8H2,1H3,(H,15,16). The van der Waals surface area contributed by atoms with Crippen LogP contribution in [0.4, 0.5) is 11.5 Å². The van der Waals surface area contributed by atoms with Crippen LogP contribution in [0.2, 0.25) is 0 Å². The van der Waals surface area contributed by atoms with E-state index in [1.54, 1.807) is 0 Å². The molecule has 0 saturated carbocycles. The van der Waals surface area contributed by atoms with Crippen LogP contribution in [0.15, 0.2) is 16.7 Å². The Bertz CT molecular complexity index is 475. The lowest BCUT2D eigenvalue weighted by Gasteiger charge is -2.34. The van der Waals surface area contributed by atoms with E-state index in [9.17, 15) is 10.1 Å². The van der Waals surface area contributed by atoms with Crippen molar-refractivity contribution in [2.45, 2.75) is 19.8 Å². The van der Waals surface area contributed by atoms with Crippen LogP contribution in [-0.4, -0.2) is 29.5 Å². The molecule has 0 aliphatic carbocycles. The molecule has 2 rings (SSSR count). The second-order valence-corrected chi connectivity index (χ2v) is 6.05. The molecule has 0 unspecified atom stereocenters. The molecule has 1 aromatic heterocycles. The maximum absolute atomic E-state index is 10.6. The first-order valence-corrected chi connectivity index (χ1v) is 7.04.